The van der Waals surface area contributed by atoms with Crippen LogP contribution in [-0.4, -0.2) is 16.4 Å². The molecule has 5 heteroatoms. The average molecular weight is 291 g/mol. The summed E-state index contributed by atoms with van der Waals surface area (Å²) in [6.07, 6.45) is 4.70. The summed E-state index contributed by atoms with van der Waals surface area (Å²) in [5.74, 6) is 0.547. The lowest BCUT2D eigenvalue weighted by Crippen LogP contribution is -2.49. The van der Waals surface area contributed by atoms with Crippen LogP contribution in [0.1, 0.15) is 59.4 Å². The van der Waals surface area contributed by atoms with Gasteiger partial charge in [0, 0.05) is 0 Å². The molecule has 1 aromatic rings. The molecule has 20 heavy (non-hydrogen) atoms. The number of hydrogen-bond donors (Lipinski definition) is 1. The topological polar surface area (TPSA) is 65.8 Å². The first-order chi connectivity index (χ1) is 9.49. The van der Waals surface area contributed by atoms with Gasteiger partial charge in [-0.1, -0.05) is 13.3 Å². The fourth-order valence-corrected chi connectivity index (χ4v) is 3.67. The Kier molecular flexibility index (Phi) is 4.44. The molecule has 1 aliphatic rings. The predicted molar refractivity (Wildman–Crippen MR) is 79.6 cm³/mol. The van der Waals surface area contributed by atoms with Crippen LogP contribution in [0.25, 0.3) is 0 Å². The normalized spacial score (nSPS) is 26.0. The zero-order valence-corrected chi connectivity index (χ0v) is 13.1. The number of thiazole rings is 1. The third-order valence-corrected chi connectivity index (χ3v) is 5.28. The average Bonchev–Trinajstić information content (AvgIpc) is 2.78. The molecule has 0 aromatic carbocycles. The standard InChI is InChI=1S/C15H21N3OS/c1-4-12-5-7-15(9-16,8-6-12)18-14(19)13-10(2)17-11(3)20-13/h12H,4-8H2,1-3H3,(H,18,19). The highest BCUT2D eigenvalue weighted by Crippen LogP contribution is 2.33. The molecular weight excluding hydrogens is 270 g/mol. The van der Waals surface area contributed by atoms with Crippen LogP contribution in [0, 0.1) is 31.1 Å². The van der Waals surface area contributed by atoms with Gasteiger partial charge >= 0.3 is 0 Å². The number of carbonyl (C=O) groups is 1. The van der Waals surface area contributed by atoms with E-state index in [9.17, 15) is 10.1 Å². The summed E-state index contributed by atoms with van der Waals surface area (Å²) in [6, 6.07) is 2.34. The molecule has 1 heterocycles. The first-order valence-corrected chi connectivity index (χ1v) is 7.99. The van der Waals surface area contributed by atoms with Gasteiger partial charge in [-0.15, -0.1) is 11.3 Å². The monoisotopic (exact) mass is 291 g/mol. The molecule has 0 bridgehead atoms. The van der Waals surface area contributed by atoms with E-state index in [0.717, 1.165) is 42.8 Å². The molecular formula is C15H21N3OS. The molecule has 1 fully saturated rings. The van der Waals surface area contributed by atoms with Crippen molar-refractivity contribution in [2.45, 2.75) is 58.4 Å². The van der Waals surface area contributed by atoms with Gasteiger partial charge in [-0.25, -0.2) is 4.98 Å². The van der Waals surface area contributed by atoms with E-state index in [4.69, 9.17) is 0 Å². The zero-order valence-electron chi connectivity index (χ0n) is 12.3. The second-order valence-electron chi connectivity index (χ2n) is 5.65. The minimum atomic E-state index is -0.687. The minimum Gasteiger partial charge on any atom is -0.333 e. The Balaban J connectivity index is 2.09. The number of carbonyl (C=O) groups excluding carboxylic acids is 1. The maximum absolute atomic E-state index is 12.4. The Morgan fingerprint density at radius 1 is 1.50 bits per heavy atom. The Bertz CT molecular complexity index is 536. The van der Waals surface area contributed by atoms with Gasteiger partial charge in [0.15, 0.2) is 0 Å². The molecule has 1 saturated carbocycles. The maximum Gasteiger partial charge on any atom is 0.264 e. The molecule has 0 aliphatic heterocycles. The van der Waals surface area contributed by atoms with Crippen molar-refractivity contribution in [2.75, 3.05) is 0 Å². The van der Waals surface area contributed by atoms with Crippen LogP contribution < -0.4 is 5.32 Å². The number of nitrogens with zero attached hydrogens (tertiary/aromatic N) is 2. The first-order valence-electron chi connectivity index (χ1n) is 7.17. The molecule has 4 nitrogen and oxygen atoms in total. The van der Waals surface area contributed by atoms with Gasteiger partial charge in [-0.3, -0.25) is 4.79 Å². The number of aryl methyl sites for hydroxylation is 2. The van der Waals surface area contributed by atoms with Gasteiger partial charge in [-0.05, 0) is 45.4 Å². The quantitative estimate of drug-likeness (QED) is 0.928. The largest absolute Gasteiger partial charge is 0.333 e. The summed E-state index contributed by atoms with van der Waals surface area (Å²) in [6.45, 7) is 5.92. The lowest BCUT2D eigenvalue weighted by Gasteiger charge is -2.35. The van der Waals surface area contributed by atoms with E-state index in [2.05, 4.69) is 23.3 Å². The van der Waals surface area contributed by atoms with Gasteiger partial charge in [0.25, 0.3) is 5.91 Å². The third-order valence-electron chi connectivity index (χ3n) is 4.21. The van der Waals surface area contributed by atoms with Crippen molar-refractivity contribution in [3.63, 3.8) is 0 Å². The van der Waals surface area contributed by atoms with Crippen molar-refractivity contribution in [2.24, 2.45) is 5.92 Å². The van der Waals surface area contributed by atoms with Crippen LogP contribution in [0.4, 0.5) is 0 Å². The lowest BCUT2D eigenvalue weighted by atomic mass is 9.76. The second kappa shape index (κ2) is 5.92. The Morgan fingerprint density at radius 3 is 2.60 bits per heavy atom. The second-order valence-corrected chi connectivity index (χ2v) is 6.85. The van der Waals surface area contributed by atoms with Crippen molar-refractivity contribution in [3.05, 3.63) is 15.6 Å². The van der Waals surface area contributed by atoms with Crippen LogP contribution in [0.3, 0.4) is 0 Å². The van der Waals surface area contributed by atoms with E-state index < -0.39 is 5.54 Å². The molecule has 0 unspecified atom stereocenters. The van der Waals surface area contributed by atoms with E-state index in [1.807, 2.05) is 13.8 Å². The summed E-state index contributed by atoms with van der Waals surface area (Å²) >= 11 is 1.39. The number of nitrogens with one attached hydrogen (secondary N) is 1. The minimum absolute atomic E-state index is 0.149. The van der Waals surface area contributed by atoms with E-state index in [1.54, 1.807) is 0 Å². The number of rotatable bonds is 3. The highest BCUT2D eigenvalue weighted by molar-refractivity contribution is 7.13. The molecule has 0 atom stereocenters. The molecule has 108 valence electrons. The third kappa shape index (κ3) is 3.01. The van der Waals surface area contributed by atoms with E-state index in [1.165, 1.54) is 11.3 Å². The van der Waals surface area contributed by atoms with Crippen LogP contribution >= 0.6 is 11.3 Å². The summed E-state index contributed by atoms with van der Waals surface area (Å²) in [7, 11) is 0. The fraction of sp³-hybridized carbons (Fsp3) is 0.667. The fourth-order valence-electron chi connectivity index (χ4n) is 2.86. The number of amides is 1. The summed E-state index contributed by atoms with van der Waals surface area (Å²) in [4.78, 5) is 17.3. The zero-order chi connectivity index (χ0) is 14.8. The maximum atomic E-state index is 12.4. The highest BCUT2D eigenvalue weighted by Gasteiger charge is 2.37. The Labute approximate surface area is 124 Å². The van der Waals surface area contributed by atoms with Crippen molar-refractivity contribution in [1.82, 2.24) is 10.3 Å². The van der Waals surface area contributed by atoms with E-state index >= 15 is 0 Å². The SMILES string of the molecule is CCC1CCC(C#N)(NC(=O)c2sc(C)nc2C)CC1. The van der Waals surface area contributed by atoms with Crippen LogP contribution in [-0.2, 0) is 0 Å². The molecule has 1 aliphatic carbocycles. The summed E-state index contributed by atoms with van der Waals surface area (Å²) in [5.41, 5.74) is 0.0629. The van der Waals surface area contributed by atoms with Gasteiger partial charge in [0.05, 0.1) is 16.8 Å². The number of nitriles is 1. The van der Waals surface area contributed by atoms with Gasteiger partial charge in [-0.2, -0.15) is 5.26 Å². The molecule has 1 amide bonds. The van der Waals surface area contributed by atoms with Gasteiger partial charge < -0.3 is 5.32 Å². The Morgan fingerprint density at radius 2 is 2.15 bits per heavy atom. The smallest absolute Gasteiger partial charge is 0.264 e. The highest BCUT2D eigenvalue weighted by atomic mass is 32.1. The summed E-state index contributed by atoms with van der Waals surface area (Å²) in [5, 5.41) is 13.3. The molecule has 1 N–H and O–H groups in total. The molecule has 2 rings (SSSR count). The first kappa shape index (κ1) is 15.0. The molecule has 1 aromatic heterocycles. The van der Waals surface area contributed by atoms with Crippen molar-refractivity contribution in [1.29, 1.82) is 5.26 Å². The van der Waals surface area contributed by atoms with Crippen LogP contribution in [0.15, 0.2) is 0 Å². The van der Waals surface area contributed by atoms with Crippen molar-refractivity contribution < 1.29 is 4.79 Å². The van der Waals surface area contributed by atoms with Crippen LogP contribution in [0.2, 0.25) is 0 Å². The number of hydrogen-bond acceptors (Lipinski definition) is 4. The van der Waals surface area contributed by atoms with E-state index in [0.29, 0.717) is 10.8 Å². The van der Waals surface area contributed by atoms with Gasteiger partial charge in [0.1, 0.15) is 10.4 Å². The molecule has 0 radical (unpaired) electrons. The van der Waals surface area contributed by atoms with Gasteiger partial charge in [0.2, 0.25) is 0 Å². The molecule has 0 spiro atoms. The number of aromatic nitrogens is 1. The van der Waals surface area contributed by atoms with E-state index in [-0.39, 0.29) is 5.91 Å². The van der Waals surface area contributed by atoms with Crippen molar-refractivity contribution in [3.8, 4) is 6.07 Å². The Hall–Kier alpha value is -1.41. The summed E-state index contributed by atoms with van der Waals surface area (Å²) < 4.78 is 0. The van der Waals surface area contributed by atoms with Crippen molar-refractivity contribution >= 4 is 17.2 Å². The lowest BCUT2D eigenvalue weighted by molar-refractivity contribution is 0.0894. The molecule has 0 saturated heterocycles. The predicted octanol–water partition coefficient (Wildman–Crippen LogP) is 3.35. The van der Waals surface area contributed by atoms with Crippen LogP contribution in [0.5, 0.6) is 0 Å².